The molecule has 0 fully saturated rings. The summed E-state index contributed by atoms with van der Waals surface area (Å²) in [5.74, 6) is -1.47. The van der Waals surface area contributed by atoms with Gasteiger partial charge in [0, 0.05) is 5.69 Å². The molecule has 7 heteroatoms. The monoisotopic (exact) mass is 384 g/mol. The molecule has 2 amide bonds. The van der Waals surface area contributed by atoms with E-state index in [9.17, 15) is 14.0 Å². The molecule has 0 heterocycles. The molecule has 3 aromatic rings. The van der Waals surface area contributed by atoms with Gasteiger partial charge in [-0.1, -0.05) is 41.9 Å². The first-order valence-electron chi connectivity index (χ1n) is 7.92. The summed E-state index contributed by atoms with van der Waals surface area (Å²) in [6, 6.07) is 19.4. The number of halogens is 2. The molecule has 0 radical (unpaired) electrons. The number of rotatable bonds is 4. The molecular weight excluding hydrogens is 371 g/mol. The van der Waals surface area contributed by atoms with E-state index in [2.05, 4.69) is 10.6 Å². The van der Waals surface area contributed by atoms with E-state index in [0.717, 1.165) is 6.07 Å². The first-order valence-corrected chi connectivity index (χ1v) is 8.30. The van der Waals surface area contributed by atoms with Gasteiger partial charge < -0.3 is 15.4 Å². The summed E-state index contributed by atoms with van der Waals surface area (Å²) in [4.78, 5) is 24.3. The van der Waals surface area contributed by atoms with Crippen molar-refractivity contribution in [2.24, 2.45) is 0 Å². The van der Waals surface area contributed by atoms with Gasteiger partial charge in [-0.25, -0.2) is 4.39 Å². The summed E-state index contributed by atoms with van der Waals surface area (Å²) in [6.45, 7) is 0. The van der Waals surface area contributed by atoms with Gasteiger partial charge in [0.05, 0.1) is 10.7 Å². The van der Waals surface area contributed by atoms with E-state index in [-0.39, 0.29) is 10.7 Å². The molecule has 5 nitrogen and oxygen atoms in total. The first-order chi connectivity index (χ1) is 13.0. The number of amides is 2. The van der Waals surface area contributed by atoms with Crippen LogP contribution in [0.2, 0.25) is 5.02 Å². The van der Waals surface area contributed by atoms with Gasteiger partial charge in [-0.15, -0.1) is 0 Å². The van der Waals surface area contributed by atoms with Gasteiger partial charge in [-0.3, -0.25) is 9.59 Å². The van der Waals surface area contributed by atoms with Crippen LogP contribution in [-0.4, -0.2) is 11.8 Å². The smallest absolute Gasteiger partial charge is 0.314 e. The summed E-state index contributed by atoms with van der Waals surface area (Å²) in [7, 11) is 0. The summed E-state index contributed by atoms with van der Waals surface area (Å²) in [5.41, 5.74) is 0.536. The number of carbonyl (C=O) groups is 2. The fraction of sp³-hybridized carbons (Fsp3) is 0. The second-order valence-corrected chi connectivity index (χ2v) is 5.86. The van der Waals surface area contributed by atoms with Crippen molar-refractivity contribution in [3.8, 4) is 11.5 Å². The SMILES string of the molecule is O=C(Nc1ccc(F)c(Cl)c1)C(=O)Nc1ccccc1Oc1ccccc1. The Kier molecular flexibility index (Phi) is 5.68. The van der Waals surface area contributed by atoms with Gasteiger partial charge in [0.25, 0.3) is 0 Å². The lowest BCUT2D eigenvalue weighted by molar-refractivity contribution is -0.133. The lowest BCUT2D eigenvalue weighted by Crippen LogP contribution is -2.29. The Hall–Kier alpha value is -3.38. The Morgan fingerprint density at radius 2 is 1.52 bits per heavy atom. The molecule has 0 spiro atoms. The van der Waals surface area contributed by atoms with Gasteiger partial charge in [0.2, 0.25) is 0 Å². The molecule has 0 aliphatic carbocycles. The molecule has 0 saturated carbocycles. The number of carbonyl (C=O) groups excluding carboxylic acids is 2. The van der Waals surface area contributed by atoms with Crippen molar-refractivity contribution in [1.29, 1.82) is 0 Å². The van der Waals surface area contributed by atoms with E-state index < -0.39 is 17.6 Å². The predicted octanol–water partition coefficient (Wildman–Crippen LogP) is 4.85. The van der Waals surface area contributed by atoms with Crippen LogP contribution in [-0.2, 0) is 9.59 Å². The predicted molar refractivity (Wildman–Crippen MR) is 102 cm³/mol. The number of nitrogens with one attached hydrogen (secondary N) is 2. The van der Waals surface area contributed by atoms with E-state index in [1.807, 2.05) is 18.2 Å². The third kappa shape index (κ3) is 4.83. The minimum atomic E-state index is -0.924. The summed E-state index contributed by atoms with van der Waals surface area (Å²) in [6.07, 6.45) is 0. The lowest BCUT2D eigenvalue weighted by atomic mass is 10.2. The number of ether oxygens (including phenoxy) is 1. The topological polar surface area (TPSA) is 67.4 Å². The Bertz CT molecular complexity index is 980. The van der Waals surface area contributed by atoms with Crippen LogP contribution in [0.3, 0.4) is 0 Å². The molecule has 0 aliphatic rings. The van der Waals surface area contributed by atoms with Crippen molar-refractivity contribution in [1.82, 2.24) is 0 Å². The van der Waals surface area contributed by atoms with E-state index in [4.69, 9.17) is 16.3 Å². The molecule has 27 heavy (non-hydrogen) atoms. The minimum Gasteiger partial charge on any atom is -0.455 e. The first kappa shape index (κ1) is 18.4. The Labute approximate surface area is 159 Å². The summed E-state index contributed by atoms with van der Waals surface area (Å²) < 4.78 is 18.9. The molecule has 0 unspecified atom stereocenters. The zero-order valence-corrected chi connectivity index (χ0v) is 14.7. The highest BCUT2D eigenvalue weighted by Crippen LogP contribution is 2.29. The normalized spacial score (nSPS) is 10.1. The molecule has 0 bridgehead atoms. The molecular formula is C20H14ClFN2O3. The van der Waals surface area contributed by atoms with Gasteiger partial charge in [0.1, 0.15) is 11.6 Å². The number of hydrogen-bond acceptors (Lipinski definition) is 3. The molecule has 2 N–H and O–H groups in total. The van der Waals surface area contributed by atoms with Crippen LogP contribution in [0.15, 0.2) is 72.8 Å². The number of anilines is 2. The van der Waals surface area contributed by atoms with Crippen molar-refractivity contribution in [2.75, 3.05) is 10.6 Å². The molecule has 136 valence electrons. The summed E-state index contributed by atoms with van der Waals surface area (Å²) in [5, 5.41) is 4.69. The van der Waals surface area contributed by atoms with Crippen molar-refractivity contribution in [2.45, 2.75) is 0 Å². The van der Waals surface area contributed by atoms with Crippen LogP contribution in [0, 0.1) is 5.82 Å². The standard InChI is InChI=1S/C20H14ClFN2O3/c21-15-12-13(10-11-16(15)22)23-19(25)20(26)24-17-8-4-5-9-18(17)27-14-6-2-1-3-7-14/h1-12H,(H,23,25)(H,24,26). The fourth-order valence-electron chi connectivity index (χ4n) is 2.22. The second kappa shape index (κ2) is 8.33. The quantitative estimate of drug-likeness (QED) is 0.632. The van der Waals surface area contributed by atoms with Crippen molar-refractivity contribution >= 4 is 34.8 Å². The van der Waals surface area contributed by atoms with Crippen molar-refractivity contribution in [3.63, 3.8) is 0 Å². The van der Waals surface area contributed by atoms with Crippen LogP contribution in [0.1, 0.15) is 0 Å². The third-order valence-electron chi connectivity index (χ3n) is 3.49. The summed E-state index contributed by atoms with van der Waals surface area (Å²) >= 11 is 5.66. The molecule has 0 saturated heterocycles. The molecule has 0 atom stereocenters. The third-order valence-corrected chi connectivity index (χ3v) is 3.78. The van der Waals surface area contributed by atoms with E-state index in [1.165, 1.54) is 12.1 Å². The van der Waals surface area contributed by atoms with Crippen LogP contribution in [0.5, 0.6) is 11.5 Å². The highest BCUT2D eigenvalue weighted by Gasteiger charge is 2.17. The Balaban J connectivity index is 1.70. The fourth-order valence-corrected chi connectivity index (χ4v) is 2.40. The highest BCUT2D eigenvalue weighted by atomic mass is 35.5. The van der Waals surface area contributed by atoms with E-state index in [0.29, 0.717) is 17.2 Å². The largest absolute Gasteiger partial charge is 0.455 e. The van der Waals surface area contributed by atoms with Crippen LogP contribution in [0.4, 0.5) is 15.8 Å². The highest BCUT2D eigenvalue weighted by molar-refractivity contribution is 6.44. The van der Waals surface area contributed by atoms with Gasteiger partial charge in [-0.05, 0) is 42.5 Å². The van der Waals surface area contributed by atoms with Crippen LogP contribution < -0.4 is 15.4 Å². The average molecular weight is 385 g/mol. The lowest BCUT2D eigenvalue weighted by Gasteiger charge is -2.12. The number of benzene rings is 3. The minimum absolute atomic E-state index is 0.158. The zero-order chi connectivity index (χ0) is 19.2. The molecule has 3 rings (SSSR count). The van der Waals surface area contributed by atoms with E-state index in [1.54, 1.807) is 36.4 Å². The van der Waals surface area contributed by atoms with Gasteiger partial charge >= 0.3 is 11.8 Å². The average Bonchev–Trinajstić information content (AvgIpc) is 2.67. The van der Waals surface area contributed by atoms with Gasteiger partial charge in [-0.2, -0.15) is 0 Å². The molecule has 0 aliphatic heterocycles. The number of para-hydroxylation sites is 3. The maximum atomic E-state index is 13.2. The van der Waals surface area contributed by atoms with Crippen molar-refractivity contribution in [3.05, 3.63) is 83.6 Å². The van der Waals surface area contributed by atoms with Crippen molar-refractivity contribution < 1.29 is 18.7 Å². The number of hydrogen-bond donors (Lipinski definition) is 2. The Morgan fingerprint density at radius 1 is 0.852 bits per heavy atom. The Morgan fingerprint density at radius 3 is 2.26 bits per heavy atom. The van der Waals surface area contributed by atoms with Gasteiger partial charge in [0.15, 0.2) is 5.75 Å². The molecule has 3 aromatic carbocycles. The van der Waals surface area contributed by atoms with E-state index >= 15 is 0 Å². The zero-order valence-electron chi connectivity index (χ0n) is 13.9. The van der Waals surface area contributed by atoms with Crippen LogP contribution in [0.25, 0.3) is 0 Å². The maximum Gasteiger partial charge on any atom is 0.314 e. The van der Waals surface area contributed by atoms with Crippen LogP contribution >= 0.6 is 11.6 Å². The second-order valence-electron chi connectivity index (χ2n) is 5.45. The molecule has 0 aromatic heterocycles. The maximum absolute atomic E-state index is 13.2.